The van der Waals surface area contributed by atoms with Gasteiger partial charge in [0.15, 0.2) is 0 Å². The van der Waals surface area contributed by atoms with E-state index >= 15 is 0 Å². The average molecular weight is 172 g/mol. The summed E-state index contributed by atoms with van der Waals surface area (Å²) >= 11 is 0. The number of nitrogens with zero attached hydrogens (tertiary/aromatic N) is 1. The fraction of sp³-hybridized carbons (Fsp3) is 0.182. The molecule has 0 saturated carbocycles. The molecule has 0 bridgehead atoms. The van der Waals surface area contributed by atoms with E-state index in [1.165, 1.54) is 5.56 Å². The predicted octanol–water partition coefficient (Wildman–Crippen LogP) is 1.89. The molecule has 13 heavy (non-hydrogen) atoms. The zero-order valence-electron chi connectivity index (χ0n) is 7.62. The molecule has 2 rings (SSSR count). The zero-order valence-corrected chi connectivity index (χ0v) is 7.62. The van der Waals surface area contributed by atoms with E-state index in [9.17, 15) is 0 Å². The number of allylic oxidation sites excluding steroid dienone is 2. The Labute approximate surface area is 78.0 Å². The second-order valence-electron chi connectivity index (χ2n) is 3.13. The van der Waals surface area contributed by atoms with Crippen LogP contribution in [-0.2, 0) is 0 Å². The summed E-state index contributed by atoms with van der Waals surface area (Å²) in [5.41, 5.74) is 3.36. The molecule has 1 aromatic heterocycles. The first-order valence-corrected chi connectivity index (χ1v) is 4.39. The molecule has 0 saturated heterocycles. The number of rotatable bonds is 1. The lowest BCUT2D eigenvalue weighted by Crippen LogP contribution is -2.09. The predicted molar refractivity (Wildman–Crippen MR) is 54.1 cm³/mol. The van der Waals surface area contributed by atoms with E-state index in [1.807, 2.05) is 25.4 Å². The van der Waals surface area contributed by atoms with Gasteiger partial charge in [-0.25, -0.2) is 0 Å². The number of dihydropyridines is 1. The molecule has 2 nitrogen and oxygen atoms in total. The largest absolute Gasteiger partial charge is 0.387 e. The molecule has 1 aliphatic rings. The second kappa shape index (κ2) is 3.44. The third-order valence-electron chi connectivity index (χ3n) is 2.00. The van der Waals surface area contributed by atoms with Crippen molar-refractivity contribution in [2.45, 2.75) is 6.92 Å². The maximum atomic E-state index is 4.34. The summed E-state index contributed by atoms with van der Waals surface area (Å²) in [4.78, 5) is 4.34. The topological polar surface area (TPSA) is 24.9 Å². The summed E-state index contributed by atoms with van der Waals surface area (Å²) in [6.45, 7) is 2.95. The van der Waals surface area contributed by atoms with Gasteiger partial charge < -0.3 is 5.32 Å². The fourth-order valence-electron chi connectivity index (χ4n) is 1.27. The van der Waals surface area contributed by atoms with Crippen molar-refractivity contribution in [3.63, 3.8) is 0 Å². The summed E-state index contributed by atoms with van der Waals surface area (Å²) in [6.07, 6.45) is 8.07. The number of aromatic nitrogens is 1. The monoisotopic (exact) mass is 172 g/mol. The molecule has 0 aliphatic carbocycles. The number of pyridine rings is 1. The van der Waals surface area contributed by atoms with Gasteiger partial charge in [-0.05, 0) is 18.6 Å². The lowest BCUT2D eigenvalue weighted by atomic mass is 10.1. The summed E-state index contributed by atoms with van der Waals surface area (Å²) in [7, 11) is 0. The number of hydrogen-bond acceptors (Lipinski definition) is 2. The van der Waals surface area contributed by atoms with E-state index in [4.69, 9.17) is 0 Å². The molecule has 2 heteroatoms. The first kappa shape index (κ1) is 8.05. The highest BCUT2D eigenvalue weighted by Crippen LogP contribution is 2.14. The van der Waals surface area contributed by atoms with Crippen molar-refractivity contribution in [2.24, 2.45) is 0 Å². The molecule has 0 amide bonds. The van der Waals surface area contributed by atoms with Crippen LogP contribution in [0.15, 0.2) is 36.7 Å². The third-order valence-corrected chi connectivity index (χ3v) is 2.00. The third kappa shape index (κ3) is 1.78. The van der Waals surface area contributed by atoms with Gasteiger partial charge >= 0.3 is 0 Å². The molecular weight excluding hydrogens is 160 g/mol. The molecule has 0 spiro atoms. The van der Waals surface area contributed by atoms with Gasteiger partial charge in [-0.15, -0.1) is 0 Å². The Morgan fingerprint density at radius 3 is 2.92 bits per heavy atom. The Bertz CT molecular complexity index is 347. The van der Waals surface area contributed by atoms with Crippen LogP contribution in [0.5, 0.6) is 0 Å². The highest BCUT2D eigenvalue weighted by Gasteiger charge is 2.00. The van der Waals surface area contributed by atoms with Gasteiger partial charge in [0.05, 0.1) is 5.69 Å². The van der Waals surface area contributed by atoms with E-state index < -0.39 is 0 Å². The van der Waals surface area contributed by atoms with Gasteiger partial charge in [0.2, 0.25) is 0 Å². The maximum Gasteiger partial charge on any atom is 0.0716 e. The van der Waals surface area contributed by atoms with Crippen LogP contribution in [-0.4, -0.2) is 11.5 Å². The quantitative estimate of drug-likeness (QED) is 0.699. The molecule has 0 radical (unpaired) electrons. The Kier molecular flexibility index (Phi) is 2.13. The zero-order chi connectivity index (χ0) is 9.10. The average Bonchev–Trinajstić information content (AvgIpc) is 2.20. The first-order chi connectivity index (χ1) is 6.36. The van der Waals surface area contributed by atoms with Crippen LogP contribution in [0.3, 0.4) is 0 Å². The fourth-order valence-corrected chi connectivity index (χ4v) is 1.27. The van der Waals surface area contributed by atoms with Gasteiger partial charge in [0.25, 0.3) is 0 Å². The van der Waals surface area contributed by atoms with Crippen LogP contribution in [0.4, 0.5) is 0 Å². The Morgan fingerprint density at radius 1 is 1.38 bits per heavy atom. The van der Waals surface area contributed by atoms with E-state index in [2.05, 4.69) is 28.5 Å². The van der Waals surface area contributed by atoms with Gasteiger partial charge in [-0.1, -0.05) is 18.2 Å². The van der Waals surface area contributed by atoms with Crippen molar-refractivity contribution in [1.29, 1.82) is 0 Å². The van der Waals surface area contributed by atoms with E-state index in [-0.39, 0.29) is 0 Å². The highest BCUT2D eigenvalue weighted by molar-refractivity contribution is 5.72. The normalized spacial score (nSPS) is 15.0. The molecule has 0 aromatic carbocycles. The lowest BCUT2D eigenvalue weighted by Gasteiger charge is -2.07. The summed E-state index contributed by atoms with van der Waals surface area (Å²) in [5, 5.41) is 3.16. The van der Waals surface area contributed by atoms with Crippen LogP contribution < -0.4 is 5.32 Å². The molecule has 66 valence electrons. The molecule has 1 aliphatic heterocycles. The Morgan fingerprint density at radius 2 is 2.31 bits per heavy atom. The van der Waals surface area contributed by atoms with E-state index in [0.29, 0.717) is 0 Å². The van der Waals surface area contributed by atoms with Gasteiger partial charge in [-0.3, -0.25) is 4.98 Å². The van der Waals surface area contributed by atoms with Crippen LogP contribution >= 0.6 is 0 Å². The minimum atomic E-state index is 0.912. The Hall–Kier alpha value is -1.57. The van der Waals surface area contributed by atoms with Gasteiger partial charge in [0, 0.05) is 24.5 Å². The van der Waals surface area contributed by atoms with Crippen LogP contribution in [0.2, 0.25) is 0 Å². The number of aryl methyl sites for hydroxylation is 1. The van der Waals surface area contributed by atoms with Crippen molar-refractivity contribution in [3.8, 4) is 0 Å². The summed E-state index contributed by atoms with van der Waals surface area (Å²) < 4.78 is 0. The smallest absolute Gasteiger partial charge is 0.0716 e. The van der Waals surface area contributed by atoms with Gasteiger partial charge in [-0.2, -0.15) is 0 Å². The van der Waals surface area contributed by atoms with Crippen molar-refractivity contribution >= 4 is 5.57 Å². The van der Waals surface area contributed by atoms with Crippen molar-refractivity contribution in [1.82, 2.24) is 10.3 Å². The van der Waals surface area contributed by atoms with Crippen molar-refractivity contribution < 1.29 is 0 Å². The first-order valence-electron chi connectivity index (χ1n) is 4.39. The second-order valence-corrected chi connectivity index (χ2v) is 3.13. The number of nitrogens with one attached hydrogen (secondary N) is 1. The van der Waals surface area contributed by atoms with Crippen molar-refractivity contribution in [3.05, 3.63) is 47.9 Å². The SMILES string of the molecule is Cc1ccc(C2=CNCC=C2)nc1. The highest BCUT2D eigenvalue weighted by atomic mass is 14.8. The molecule has 0 atom stereocenters. The van der Waals surface area contributed by atoms with Crippen LogP contribution in [0.25, 0.3) is 5.57 Å². The molecule has 0 fully saturated rings. The molecule has 2 heterocycles. The summed E-state index contributed by atoms with van der Waals surface area (Å²) in [5.74, 6) is 0. The molecule has 0 unspecified atom stereocenters. The summed E-state index contributed by atoms with van der Waals surface area (Å²) in [6, 6.07) is 4.12. The van der Waals surface area contributed by atoms with E-state index in [1.54, 1.807) is 0 Å². The molecule has 1 N–H and O–H groups in total. The standard InChI is InChI=1S/C11H12N2/c1-9-4-5-11(13-7-9)10-3-2-6-12-8-10/h2-5,7-8,12H,6H2,1H3. The van der Waals surface area contributed by atoms with E-state index in [0.717, 1.165) is 17.8 Å². The Balaban J connectivity index is 2.30. The number of hydrogen-bond donors (Lipinski definition) is 1. The van der Waals surface area contributed by atoms with Crippen LogP contribution in [0.1, 0.15) is 11.3 Å². The minimum absolute atomic E-state index is 0.912. The molecular formula is C11H12N2. The lowest BCUT2D eigenvalue weighted by molar-refractivity contribution is 0.974. The maximum absolute atomic E-state index is 4.34. The minimum Gasteiger partial charge on any atom is -0.387 e. The van der Waals surface area contributed by atoms with Crippen molar-refractivity contribution in [2.75, 3.05) is 6.54 Å². The van der Waals surface area contributed by atoms with Crippen LogP contribution in [0, 0.1) is 6.92 Å². The molecule has 1 aromatic rings. The van der Waals surface area contributed by atoms with Gasteiger partial charge in [0.1, 0.15) is 0 Å².